The second kappa shape index (κ2) is 8.54. The molecule has 0 saturated carbocycles. The third-order valence-electron chi connectivity index (χ3n) is 3.23. The lowest BCUT2D eigenvalue weighted by atomic mass is 10.4. The number of carbonyl (C=O) groups is 2. The molecule has 0 aliphatic heterocycles. The van der Waals surface area contributed by atoms with Crippen LogP contribution in [0.25, 0.3) is 11.0 Å². The smallest absolute Gasteiger partial charge is 0.324 e. The fourth-order valence-corrected chi connectivity index (χ4v) is 2.09. The monoisotopic (exact) mass is 367 g/mol. The second-order valence-electron chi connectivity index (χ2n) is 6.26. The van der Waals surface area contributed by atoms with Crippen molar-refractivity contribution in [3.05, 3.63) is 22.9 Å². The van der Waals surface area contributed by atoms with Gasteiger partial charge in [-0.2, -0.15) is 0 Å². The number of aromatic amines is 1. The van der Waals surface area contributed by atoms with E-state index in [9.17, 15) is 14.4 Å². The van der Waals surface area contributed by atoms with Gasteiger partial charge in [0.1, 0.15) is 6.33 Å². The summed E-state index contributed by atoms with van der Waals surface area (Å²) < 4.78 is 12.8. The van der Waals surface area contributed by atoms with Crippen LogP contribution in [0.2, 0.25) is 0 Å². The van der Waals surface area contributed by atoms with Gasteiger partial charge in [-0.3, -0.25) is 28.8 Å². The lowest BCUT2D eigenvalue weighted by Gasteiger charge is -2.10. The number of esters is 2. The maximum Gasteiger partial charge on any atom is 0.324 e. The average molecular weight is 367 g/mol. The normalized spacial score (nSPS) is 11.3. The highest BCUT2D eigenvalue weighted by molar-refractivity contribution is 5.72. The molecule has 11 heteroatoms. The molecule has 0 aliphatic carbocycles. The van der Waals surface area contributed by atoms with Gasteiger partial charge in [-0.05, 0) is 28.2 Å². The Kier molecular flexibility index (Phi) is 6.41. The highest BCUT2D eigenvalue weighted by Crippen LogP contribution is 1.99. The first-order chi connectivity index (χ1) is 12.3. The molecule has 2 aromatic heterocycles. The second-order valence-corrected chi connectivity index (χ2v) is 6.26. The van der Waals surface area contributed by atoms with E-state index in [1.807, 2.05) is 0 Å². The van der Waals surface area contributed by atoms with Crippen LogP contribution in [-0.2, 0) is 32.5 Å². The number of H-pyrrole nitrogens is 1. The van der Waals surface area contributed by atoms with Crippen LogP contribution in [0.1, 0.15) is 0 Å². The van der Waals surface area contributed by atoms with Crippen LogP contribution in [0.5, 0.6) is 0 Å². The molecular weight excluding hydrogens is 344 g/mol. The third kappa shape index (κ3) is 5.36. The number of fused-ring (bicyclic) bond motifs is 1. The summed E-state index contributed by atoms with van der Waals surface area (Å²) in [5.41, 5.74) is -0.0307. The van der Waals surface area contributed by atoms with Crippen LogP contribution in [0.3, 0.4) is 0 Å². The zero-order valence-corrected chi connectivity index (χ0v) is 15.3. The molecule has 2 heterocycles. The Morgan fingerprint density at radius 1 is 1.15 bits per heavy atom. The summed E-state index contributed by atoms with van der Waals surface area (Å²) >= 11 is 0. The third-order valence-corrected chi connectivity index (χ3v) is 3.23. The van der Waals surface area contributed by atoms with Crippen molar-refractivity contribution < 1.29 is 23.7 Å². The lowest BCUT2D eigenvalue weighted by Crippen LogP contribution is -2.38. The molecule has 0 unspecified atom stereocenters. The van der Waals surface area contributed by atoms with Crippen LogP contribution in [-0.4, -0.2) is 77.7 Å². The van der Waals surface area contributed by atoms with E-state index >= 15 is 0 Å². The van der Waals surface area contributed by atoms with E-state index in [1.54, 1.807) is 38.0 Å². The van der Waals surface area contributed by atoms with E-state index in [-0.39, 0.29) is 38.1 Å². The van der Waals surface area contributed by atoms with Crippen LogP contribution in [0.4, 0.5) is 0 Å². The van der Waals surface area contributed by atoms with E-state index in [0.29, 0.717) is 11.0 Å². The summed E-state index contributed by atoms with van der Waals surface area (Å²) in [4.78, 5) is 43.0. The first kappa shape index (κ1) is 19.5. The number of nitrogens with zero attached hydrogens (tertiary/aromatic N) is 5. The summed E-state index contributed by atoms with van der Waals surface area (Å²) in [5.74, 6) is -0.835. The van der Waals surface area contributed by atoms with Crippen molar-refractivity contribution in [2.75, 3.05) is 41.3 Å². The summed E-state index contributed by atoms with van der Waals surface area (Å²) in [6, 6.07) is 0. The van der Waals surface area contributed by atoms with Crippen LogP contribution < -0.4 is 10.2 Å². The minimum Gasteiger partial charge on any atom is -0.443 e. The van der Waals surface area contributed by atoms with Gasteiger partial charge in [0.05, 0.1) is 13.1 Å². The molecule has 0 amide bonds. The van der Waals surface area contributed by atoms with Gasteiger partial charge in [0.25, 0.3) is 5.56 Å². The van der Waals surface area contributed by atoms with Crippen molar-refractivity contribution in [2.24, 2.45) is 0 Å². The summed E-state index contributed by atoms with van der Waals surface area (Å²) in [6.07, 6.45) is 2.78. The van der Waals surface area contributed by atoms with Gasteiger partial charge < -0.3 is 9.47 Å². The molecule has 0 spiro atoms. The zero-order valence-electron chi connectivity index (χ0n) is 15.3. The van der Waals surface area contributed by atoms with Crippen molar-refractivity contribution in [3.63, 3.8) is 0 Å². The quantitative estimate of drug-likeness (QED) is 0.427. The summed E-state index contributed by atoms with van der Waals surface area (Å²) in [7, 11) is 7.00. The van der Waals surface area contributed by atoms with Crippen LogP contribution in [0.15, 0.2) is 17.3 Å². The maximum absolute atomic E-state index is 12.4. The molecule has 11 nitrogen and oxygen atoms in total. The first-order valence-corrected chi connectivity index (χ1v) is 7.84. The molecule has 2 rings (SSSR count). The molecular formula is C15H23N6O5+. The average Bonchev–Trinajstić information content (AvgIpc) is 2.95. The van der Waals surface area contributed by atoms with Gasteiger partial charge in [0.15, 0.2) is 12.1 Å². The molecule has 0 fully saturated rings. The predicted molar refractivity (Wildman–Crippen MR) is 89.8 cm³/mol. The molecule has 0 aliphatic rings. The molecule has 0 aromatic carbocycles. The zero-order chi connectivity index (χ0) is 19.3. The Hall–Kier alpha value is -2.79. The van der Waals surface area contributed by atoms with E-state index < -0.39 is 5.97 Å². The molecule has 26 heavy (non-hydrogen) atoms. The van der Waals surface area contributed by atoms with Crippen molar-refractivity contribution in [3.8, 4) is 0 Å². The number of ether oxygens (including phenoxy) is 2. The van der Waals surface area contributed by atoms with Gasteiger partial charge in [-0.1, -0.05) is 4.68 Å². The molecule has 0 saturated heterocycles. The topological polar surface area (TPSA) is 114 Å². The molecule has 0 radical (unpaired) electrons. The summed E-state index contributed by atoms with van der Waals surface area (Å²) in [5, 5.41) is 3.14. The predicted octanol–water partition coefficient (Wildman–Crippen LogP) is -1.86. The van der Waals surface area contributed by atoms with Gasteiger partial charge >= 0.3 is 18.7 Å². The van der Waals surface area contributed by atoms with Crippen molar-refractivity contribution >= 4 is 23.0 Å². The summed E-state index contributed by atoms with van der Waals surface area (Å²) in [6.45, 7) is -0.0191. The van der Waals surface area contributed by atoms with Crippen LogP contribution >= 0.6 is 0 Å². The number of likely N-dealkylation sites (N-methyl/N-ethyl adjacent to an activating group) is 2. The Labute approximate surface area is 149 Å². The standard InChI is InChI=1S/C15H22N6O5/c1-18(2)6-12(22)25-9-20-8-16-14-11(15(20)24)5-21(17-14)10-26-13(23)7-19(3)4/h5,8H,6-7,9-10H2,1-4H3/p+1. The lowest BCUT2D eigenvalue weighted by molar-refractivity contribution is -0.775. The number of nitrogens with one attached hydrogen (secondary N) is 1. The van der Waals surface area contributed by atoms with Gasteiger partial charge in [0.2, 0.25) is 11.8 Å². The van der Waals surface area contributed by atoms with Gasteiger partial charge in [-0.25, -0.2) is 4.98 Å². The van der Waals surface area contributed by atoms with Gasteiger partial charge in [0, 0.05) is 0 Å². The van der Waals surface area contributed by atoms with Gasteiger partial charge in [-0.15, -0.1) is 5.10 Å². The maximum atomic E-state index is 12.4. The Morgan fingerprint density at radius 2 is 1.77 bits per heavy atom. The Bertz CT molecular complexity index is 841. The van der Waals surface area contributed by atoms with Crippen LogP contribution in [0, 0.1) is 0 Å². The molecule has 2 aromatic rings. The number of carbonyl (C=O) groups excluding carboxylic acids is 2. The Balaban J connectivity index is 2.05. The van der Waals surface area contributed by atoms with E-state index in [2.05, 4.69) is 10.1 Å². The SMILES string of the molecule is CN(C)CC(=O)OCn1cnc2[nH][n+](COC(=O)CN(C)C)cc2c1=O. The van der Waals surface area contributed by atoms with E-state index in [0.717, 1.165) is 0 Å². The van der Waals surface area contributed by atoms with Crippen molar-refractivity contribution in [1.29, 1.82) is 0 Å². The number of aromatic nitrogens is 4. The molecule has 142 valence electrons. The fraction of sp³-hybridized carbons (Fsp3) is 0.533. The first-order valence-electron chi connectivity index (χ1n) is 7.84. The van der Waals surface area contributed by atoms with E-state index in [1.165, 1.54) is 21.8 Å². The number of hydrogen-bond donors (Lipinski definition) is 1. The minimum atomic E-state index is -0.445. The van der Waals surface area contributed by atoms with Crippen molar-refractivity contribution in [2.45, 2.75) is 13.5 Å². The fourth-order valence-electron chi connectivity index (χ4n) is 2.09. The highest BCUT2D eigenvalue weighted by atomic mass is 16.5. The Morgan fingerprint density at radius 3 is 2.38 bits per heavy atom. The largest absolute Gasteiger partial charge is 0.443 e. The molecule has 1 N–H and O–H groups in total. The number of hydrogen-bond acceptors (Lipinski definition) is 8. The minimum absolute atomic E-state index is 0.0692. The van der Waals surface area contributed by atoms with E-state index in [4.69, 9.17) is 9.47 Å². The number of rotatable bonds is 8. The molecule has 0 atom stereocenters. The van der Waals surface area contributed by atoms with Crippen molar-refractivity contribution in [1.82, 2.24) is 24.4 Å². The highest BCUT2D eigenvalue weighted by Gasteiger charge is 2.16. The molecule has 0 bridgehead atoms.